The first-order valence-corrected chi connectivity index (χ1v) is 6.13. The first kappa shape index (κ1) is 12.1. The van der Waals surface area contributed by atoms with Crippen molar-refractivity contribution in [2.75, 3.05) is 31.7 Å². The molecule has 0 N–H and O–H groups in total. The molecule has 2 rings (SSSR count). The van der Waals surface area contributed by atoms with Gasteiger partial charge in [-0.25, -0.2) is 0 Å². The predicted molar refractivity (Wildman–Crippen MR) is 68.6 cm³/mol. The number of para-hydroxylation sites is 1. The van der Waals surface area contributed by atoms with Gasteiger partial charge in [0.1, 0.15) is 0 Å². The molecule has 0 aliphatic carbocycles. The summed E-state index contributed by atoms with van der Waals surface area (Å²) in [4.78, 5) is 13.3. The number of rotatable bonds is 4. The highest BCUT2D eigenvalue weighted by atomic mass is 16.5. The number of nitrogens with zero attached hydrogens (tertiary/aromatic N) is 1. The van der Waals surface area contributed by atoms with Gasteiger partial charge in [0.2, 0.25) is 0 Å². The van der Waals surface area contributed by atoms with Crippen LogP contribution >= 0.6 is 0 Å². The number of aldehydes is 1. The summed E-state index contributed by atoms with van der Waals surface area (Å²) in [5.74, 6) is 0.577. The minimum Gasteiger partial charge on any atom is -0.384 e. The van der Waals surface area contributed by atoms with Crippen LogP contribution in [0.3, 0.4) is 0 Å². The summed E-state index contributed by atoms with van der Waals surface area (Å²) in [5, 5.41) is 0. The number of anilines is 1. The molecule has 0 amide bonds. The van der Waals surface area contributed by atoms with Crippen molar-refractivity contribution in [2.45, 2.75) is 12.8 Å². The summed E-state index contributed by atoms with van der Waals surface area (Å²) in [7, 11) is 1.75. The van der Waals surface area contributed by atoms with Gasteiger partial charge in [0.05, 0.1) is 6.61 Å². The number of piperidine rings is 1. The third-order valence-electron chi connectivity index (χ3n) is 3.33. The van der Waals surface area contributed by atoms with E-state index in [-0.39, 0.29) is 0 Å². The Kier molecular flexibility index (Phi) is 4.15. The van der Waals surface area contributed by atoms with E-state index in [1.165, 1.54) is 12.8 Å². The summed E-state index contributed by atoms with van der Waals surface area (Å²) >= 11 is 0. The lowest BCUT2D eigenvalue weighted by molar-refractivity contribution is 0.112. The minimum absolute atomic E-state index is 0.577. The van der Waals surface area contributed by atoms with E-state index in [2.05, 4.69) is 4.90 Å². The van der Waals surface area contributed by atoms with Gasteiger partial charge in [0.15, 0.2) is 6.29 Å². The Morgan fingerprint density at radius 3 is 3.06 bits per heavy atom. The van der Waals surface area contributed by atoms with Crippen LogP contribution in [0.15, 0.2) is 24.3 Å². The van der Waals surface area contributed by atoms with Crippen LogP contribution < -0.4 is 4.90 Å². The van der Waals surface area contributed by atoms with E-state index in [9.17, 15) is 4.79 Å². The van der Waals surface area contributed by atoms with Crippen LogP contribution in [0.1, 0.15) is 23.2 Å². The van der Waals surface area contributed by atoms with Gasteiger partial charge in [0, 0.05) is 31.5 Å². The summed E-state index contributed by atoms with van der Waals surface area (Å²) in [5.41, 5.74) is 1.84. The van der Waals surface area contributed by atoms with Crippen LogP contribution in [0.2, 0.25) is 0 Å². The Balaban J connectivity index is 2.13. The molecule has 0 aromatic heterocycles. The molecule has 3 nitrogen and oxygen atoms in total. The average Bonchev–Trinajstić information content (AvgIpc) is 2.39. The van der Waals surface area contributed by atoms with Gasteiger partial charge in [-0.05, 0) is 30.9 Å². The average molecular weight is 233 g/mol. The Morgan fingerprint density at radius 2 is 2.29 bits per heavy atom. The van der Waals surface area contributed by atoms with Crippen LogP contribution in [0.4, 0.5) is 5.69 Å². The van der Waals surface area contributed by atoms with Gasteiger partial charge in [-0.15, -0.1) is 0 Å². The lowest BCUT2D eigenvalue weighted by Crippen LogP contribution is -2.37. The zero-order valence-electron chi connectivity index (χ0n) is 10.3. The Labute approximate surface area is 102 Å². The molecule has 3 heteroatoms. The molecule has 92 valence electrons. The van der Waals surface area contributed by atoms with E-state index in [0.717, 1.165) is 37.2 Å². The number of benzene rings is 1. The molecule has 1 aliphatic heterocycles. The highest BCUT2D eigenvalue weighted by Crippen LogP contribution is 2.25. The zero-order chi connectivity index (χ0) is 12.1. The molecule has 0 saturated carbocycles. The predicted octanol–water partition coefficient (Wildman–Crippen LogP) is 2.36. The molecule has 1 aliphatic rings. The Bertz CT molecular complexity index is 376. The molecule has 1 aromatic carbocycles. The second-order valence-corrected chi connectivity index (χ2v) is 4.59. The van der Waals surface area contributed by atoms with Gasteiger partial charge < -0.3 is 9.64 Å². The molecule has 1 unspecified atom stereocenters. The van der Waals surface area contributed by atoms with Crippen molar-refractivity contribution in [1.82, 2.24) is 0 Å². The summed E-state index contributed by atoms with van der Waals surface area (Å²) in [6.07, 6.45) is 3.32. The first-order valence-electron chi connectivity index (χ1n) is 6.13. The number of methoxy groups -OCH3 is 1. The summed E-state index contributed by atoms with van der Waals surface area (Å²) < 4.78 is 5.23. The standard InChI is InChI=1S/C14H19NO2/c1-17-11-12-5-4-8-15(9-12)14-7-3-2-6-13(14)10-16/h2-3,6-7,10,12H,4-5,8-9,11H2,1H3. The zero-order valence-corrected chi connectivity index (χ0v) is 10.3. The number of hydrogen-bond donors (Lipinski definition) is 0. The maximum absolute atomic E-state index is 11.0. The van der Waals surface area contributed by atoms with Crippen molar-refractivity contribution in [3.63, 3.8) is 0 Å². The number of ether oxygens (including phenoxy) is 1. The van der Waals surface area contributed by atoms with Gasteiger partial charge in [-0.3, -0.25) is 4.79 Å². The van der Waals surface area contributed by atoms with Crippen LogP contribution in [0.5, 0.6) is 0 Å². The van der Waals surface area contributed by atoms with E-state index in [0.29, 0.717) is 5.92 Å². The highest BCUT2D eigenvalue weighted by molar-refractivity contribution is 5.84. The largest absolute Gasteiger partial charge is 0.384 e. The normalized spacial score (nSPS) is 20.3. The van der Waals surface area contributed by atoms with E-state index in [4.69, 9.17) is 4.74 Å². The quantitative estimate of drug-likeness (QED) is 0.748. The lowest BCUT2D eigenvalue weighted by Gasteiger charge is -2.34. The SMILES string of the molecule is COCC1CCCN(c2ccccc2C=O)C1. The molecule has 0 radical (unpaired) electrons. The topological polar surface area (TPSA) is 29.5 Å². The third-order valence-corrected chi connectivity index (χ3v) is 3.33. The molecule has 1 saturated heterocycles. The van der Waals surface area contributed by atoms with Crippen molar-refractivity contribution < 1.29 is 9.53 Å². The molecule has 1 heterocycles. The second-order valence-electron chi connectivity index (χ2n) is 4.59. The van der Waals surface area contributed by atoms with Gasteiger partial charge >= 0.3 is 0 Å². The number of hydrogen-bond acceptors (Lipinski definition) is 3. The van der Waals surface area contributed by atoms with Crippen molar-refractivity contribution in [2.24, 2.45) is 5.92 Å². The van der Waals surface area contributed by atoms with E-state index >= 15 is 0 Å². The third kappa shape index (κ3) is 2.86. The van der Waals surface area contributed by atoms with Crippen LogP contribution in [-0.4, -0.2) is 33.1 Å². The second kappa shape index (κ2) is 5.82. The van der Waals surface area contributed by atoms with Crippen molar-refractivity contribution in [3.05, 3.63) is 29.8 Å². The number of carbonyl (C=O) groups excluding carboxylic acids is 1. The number of carbonyl (C=O) groups is 1. The lowest BCUT2D eigenvalue weighted by atomic mass is 9.98. The van der Waals surface area contributed by atoms with Gasteiger partial charge in [0.25, 0.3) is 0 Å². The van der Waals surface area contributed by atoms with Crippen molar-refractivity contribution in [1.29, 1.82) is 0 Å². The molecule has 0 spiro atoms. The van der Waals surface area contributed by atoms with Gasteiger partial charge in [-0.1, -0.05) is 12.1 Å². The van der Waals surface area contributed by atoms with E-state index < -0.39 is 0 Å². The first-order chi connectivity index (χ1) is 8.35. The van der Waals surface area contributed by atoms with Crippen LogP contribution in [-0.2, 0) is 4.74 Å². The smallest absolute Gasteiger partial charge is 0.152 e. The Hall–Kier alpha value is -1.35. The molecular formula is C14H19NO2. The fourth-order valence-corrected chi connectivity index (χ4v) is 2.53. The van der Waals surface area contributed by atoms with Crippen LogP contribution in [0.25, 0.3) is 0 Å². The molecule has 17 heavy (non-hydrogen) atoms. The maximum Gasteiger partial charge on any atom is 0.152 e. The monoisotopic (exact) mass is 233 g/mol. The van der Waals surface area contributed by atoms with E-state index in [1.54, 1.807) is 7.11 Å². The molecule has 1 aromatic rings. The molecule has 0 bridgehead atoms. The summed E-state index contributed by atoms with van der Waals surface area (Å²) in [6.45, 7) is 2.82. The fourth-order valence-electron chi connectivity index (χ4n) is 2.53. The maximum atomic E-state index is 11.0. The van der Waals surface area contributed by atoms with Crippen LogP contribution in [0, 0.1) is 5.92 Å². The molecule has 1 atom stereocenters. The minimum atomic E-state index is 0.577. The Morgan fingerprint density at radius 1 is 1.47 bits per heavy atom. The van der Waals surface area contributed by atoms with Gasteiger partial charge in [-0.2, -0.15) is 0 Å². The molecule has 1 fully saturated rings. The highest BCUT2D eigenvalue weighted by Gasteiger charge is 2.21. The van der Waals surface area contributed by atoms with Crippen molar-refractivity contribution in [3.8, 4) is 0 Å². The summed E-state index contributed by atoms with van der Waals surface area (Å²) in [6, 6.07) is 7.80. The fraction of sp³-hybridized carbons (Fsp3) is 0.500. The van der Waals surface area contributed by atoms with Crippen molar-refractivity contribution >= 4 is 12.0 Å². The molecular weight excluding hydrogens is 214 g/mol. The van der Waals surface area contributed by atoms with E-state index in [1.807, 2.05) is 24.3 Å².